The van der Waals surface area contributed by atoms with Crippen LogP contribution in [0.5, 0.6) is 0 Å². The number of rotatable bonds is 5. The zero-order valence-corrected chi connectivity index (χ0v) is 16.7. The van der Waals surface area contributed by atoms with Crippen LogP contribution in [-0.2, 0) is 10.0 Å². The molecule has 8 nitrogen and oxygen atoms in total. The average molecular weight is 412 g/mol. The van der Waals surface area contributed by atoms with Crippen molar-refractivity contribution in [2.45, 2.75) is 18.7 Å². The van der Waals surface area contributed by atoms with Gasteiger partial charge in [-0.05, 0) is 43.2 Å². The van der Waals surface area contributed by atoms with Gasteiger partial charge in [0, 0.05) is 31.3 Å². The van der Waals surface area contributed by atoms with E-state index in [0.717, 1.165) is 6.07 Å². The summed E-state index contributed by atoms with van der Waals surface area (Å²) in [5.41, 5.74) is 0.586. The van der Waals surface area contributed by atoms with Gasteiger partial charge in [0.05, 0.1) is 21.1 Å². The second-order valence-electron chi connectivity index (χ2n) is 6.14. The molecular weight excluding hydrogens is 394 g/mol. The van der Waals surface area contributed by atoms with Gasteiger partial charge in [0.2, 0.25) is 0 Å². The maximum absolute atomic E-state index is 12.9. The highest BCUT2D eigenvalue weighted by Crippen LogP contribution is 2.29. The molecule has 0 aliphatic heterocycles. The number of nitro groups is 1. The highest BCUT2D eigenvalue weighted by atomic mass is 35.5. The molecule has 2 aromatic carbocycles. The lowest BCUT2D eigenvalue weighted by Gasteiger charge is -2.17. The lowest BCUT2D eigenvalue weighted by molar-refractivity contribution is -0.385. The molecule has 0 aliphatic carbocycles. The van der Waals surface area contributed by atoms with Crippen LogP contribution in [0.3, 0.4) is 0 Å². The number of aryl methyl sites for hydroxylation is 1. The molecular formula is C17H18ClN3O5S. The van der Waals surface area contributed by atoms with E-state index < -0.39 is 20.9 Å². The summed E-state index contributed by atoms with van der Waals surface area (Å²) in [5.74, 6) is -0.420. The smallest absolute Gasteiger partial charge is 0.271 e. The number of nitro benzene ring substituents is 1. The molecule has 1 N–H and O–H groups in total. The fourth-order valence-corrected chi connectivity index (χ4v) is 4.00. The molecule has 0 saturated carbocycles. The summed E-state index contributed by atoms with van der Waals surface area (Å²) in [5, 5.41) is 11.3. The number of benzene rings is 2. The number of amides is 1. The van der Waals surface area contributed by atoms with Crippen molar-refractivity contribution >= 4 is 38.9 Å². The van der Waals surface area contributed by atoms with Crippen LogP contribution in [0.25, 0.3) is 0 Å². The average Bonchev–Trinajstić information content (AvgIpc) is 2.55. The van der Waals surface area contributed by atoms with E-state index in [-0.39, 0.29) is 26.9 Å². The Balaban J connectivity index is 2.60. The largest absolute Gasteiger partial charge is 0.345 e. The molecule has 0 radical (unpaired) electrons. The van der Waals surface area contributed by atoms with E-state index in [0.29, 0.717) is 11.1 Å². The summed E-state index contributed by atoms with van der Waals surface area (Å²) < 4.78 is 28.1. The maximum atomic E-state index is 12.9. The number of sulfonamides is 1. The van der Waals surface area contributed by atoms with Crippen LogP contribution in [0.4, 0.5) is 11.4 Å². The summed E-state index contributed by atoms with van der Waals surface area (Å²) in [6.45, 7) is 3.14. The van der Waals surface area contributed by atoms with Crippen molar-refractivity contribution in [3.8, 4) is 0 Å². The van der Waals surface area contributed by atoms with Crippen molar-refractivity contribution in [3.05, 3.63) is 62.2 Å². The molecule has 0 spiro atoms. The number of hydrogen-bond acceptors (Lipinski definition) is 5. The van der Waals surface area contributed by atoms with E-state index in [9.17, 15) is 23.3 Å². The Bertz CT molecular complexity index is 1040. The lowest BCUT2D eigenvalue weighted by atomic mass is 10.1. The standard InChI is InChI=1S/C17H18ClN3O5S/c1-10-7-13(21(23)24)9-16(11(10)2)27(25,26)19-15-8-12(18)5-6-14(15)17(22)20(3)4/h5-9,19H,1-4H3. The number of non-ortho nitro benzene ring substituents is 1. The van der Waals surface area contributed by atoms with Crippen LogP contribution < -0.4 is 4.72 Å². The first-order chi connectivity index (χ1) is 12.4. The quantitative estimate of drug-likeness (QED) is 0.599. The van der Waals surface area contributed by atoms with Crippen LogP contribution in [0.1, 0.15) is 21.5 Å². The molecule has 0 bridgehead atoms. The Kier molecular flexibility index (Phi) is 5.76. The zero-order chi connectivity index (χ0) is 20.5. The van der Waals surface area contributed by atoms with Crippen molar-refractivity contribution in [1.29, 1.82) is 0 Å². The summed E-state index contributed by atoms with van der Waals surface area (Å²) in [4.78, 5) is 23.8. The van der Waals surface area contributed by atoms with Crippen LogP contribution in [0.15, 0.2) is 35.2 Å². The third-order valence-corrected chi connectivity index (χ3v) is 5.69. The minimum atomic E-state index is -4.20. The number of nitrogens with zero attached hydrogens (tertiary/aromatic N) is 2. The van der Waals surface area contributed by atoms with Gasteiger partial charge in [0.15, 0.2) is 0 Å². The van der Waals surface area contributed by atoms with Gasteiger partial charge in [-0.15, -0.1) is 0 Å². The summed E-state index contributed by atoms with van der Waals surface area (Å²) in [7, 11) is -1.14. The van der Waals surface area contributed by atoms with Gasteiger partial charge in [-0.25, -0.2) is 8.42 Å². The highest BCUT2D eigenvalue weighted by Gasteiger charge is 2.25. The molecule has 144 valence electrons. The van der Waals surface area contributed by atoms with Crippen LogP contribution >= 0.6 is 11.6 Å². The van der Waals surface area contributed by atoms with Crippen LogP contribution in [-0.4, -0.2) is 38.2 Å². The molecule has 0 aromatic heterocycles. The van der Waals surface area contributed by atoms with Crippen LogP contribution in [0, 0.1) is 24.0 Å². The molecule has 10 heteroatoms. The molecule has 0 saturated heterocycles. The SMILES string of the molecule is Cc1cc([N+](=O)[O-])cc(S(=O)(=O)Nc2cc(Cl)ccc2C(=O)N(C)C)c1C. The van der Waals surface area contributed by atoms with Gasteiger partial charge in [0.1, 0.15) is 0 Å². The number of hydrogen-bond donors (Lipinski definition) is 1. The molecule has 0 unspecified atom stereocenters. The Morgan fingerprint density at radius 3 is 2.37 bits per heavy atom. The number of carbonyl (C=O) groups is 1. The Morgan fingerprint density at radius 1 is 1.19 bits per heavy atom. The van der Waals surface area contributed by atoms with E-state index >= 15 is 0 Å². The molecule has 0 atom stereocenters. The van der Waals surface area contributed by atoms with Gasteiger partial charge >= 0.3 is 0 Å². The van der Waals surface area contributed by atoms with Gasteiger partial charge in [-0.1, -0.05) is 11.6 Å². The highest BCUT2D eigenvalue weighted by molar-refractivity contribution is 7.92. The first kappa shape index (κ1) is 20.7. The predicted molar refractivity (Wildman–Crippen MR) is 103 cm³/mol. The molecule has 0 heterocycles. The Labute approximate surface area is 162 Å². The van der Waals surface area contributed by atoms with Crippen molar-refractivity contribution < 1.29 is 18.1 Å². The van der Waals surface area contributed by atoms with Gasteiger partial charge < -0.3 is 4.90 Å². The van der Waals surface area contributed by atoms with Crippen LogP contribution in [0.2, 0.25) is 5.02 Å². The maximum Gasteiger partial charge on any atom is 0.271 e. The van der Waals surface area contributed by atoms with Crippen molar-refractivity contribution in [3.63, 3.8) is 0 Å². The first-order valence-electron chi connectivity index (χ1n) is 7.73. The second kappa shape index (κ2) is 7.53. The Hall–Kier alpha value is -2.65. The number of anilines is 1. The van der Waals surface area contributed by atoms with E-state index in [4.69, 9.17) is 11.6 Å². The monoisotopic (exact) mass is 411 g/mol. The van der Waals surface area contributed by atoms with E-state index in [2.05, 4.69) is 4.72 Å². The zero-order valence-electron chi connectivity index (χ0n) is 15.1. The topological polar surface area (TPSA) is 110 Å². The minimum Gasteiger partial charge on any atom is -0.345 e. The minimum absolute atomic E-state index is 0.00948. The first-order valence-corrected chi connectivity index (χ1v) is 9.60. The molecule has 0 aliphatic rings. The van der Waals surface area contributed by atoms with Gasteiger partial charge in [0.25, 0.3) is 21.6 Å². The van der Waals surface area contributed by atoms with Crippen molar-refractivity contribution in [2.75, 3.05) is 18.8 Å². The molecule has 2 aromatic rings. The number of carbonyl (C=O) groups excluding carboxylic acids is 1. The van der Waals surface area contributed by atoms with E-state index in [1.807, 2.05) is 0 Å². The molecule has 27 heavy (non-hydrogen) atoms. The predicted octanol–water partition coefficient (Wildman–Crippen LogP) is 3.37. The van der Waals surface area contributed by atoms with E-state index in [1.165, 1.54) is 43.3 Å². The summed E-state index contributed by atoms with van der Waals surface area (Å²) in [6, 6.07) is 6.49. The van der Waals surface area contributed by atoms with E-state index in [1.54, 1.807) is 13.8 Å². The normalized spacial score (nSPS) is 11.1. The Morgan fingerprint density at radius 2 is 1.81 bits per heavy atom. The molecule has 0 fully saturated rings. The summed E-state index contributed by atoms with van der Waals surface area (Å²) >= 11 is 5.95. The van der Waals surface area contributed by atoms with Gasteiger partial charge in [-0.3, -0.25) is 19.6 Å². The fourth-order valence-electron chi connectivity index (χ4n) is 2.42. The lowest BCUT2D eigenvalue weighted by Crippen LogP contribution is -2.24. The molecule has 1 amide bonds. The number of halogens is 1. The molecule has 2 rings (SSSR count). The summed E-state index contributed by atoms with van der Waals surface area (Å²) in [6.07, 6.45) is 0. The fraction of sp³-hybridized carbons (Fsp3) is 0.235. The second-order valence-corrected chi connectivity index (χ2v) is 8.23. The number of nitrogens with one attached hydrogen (secondary N) is 1. The third-order valence-electron chi connectivity index (χ3n) is 3.97. The third kappa shape index (κ3) is 4.37. The van der Waals surface area contributed by atoms with Crippen molar-refractivity contribution in [1.82, 2.24) is 4.90 Å². The van der Waals surface area contributed by atoms with Gasteiger partial charge in [-0.2, -0.15) is 0 Å². The van der Waals surface area contributed by atoms with Crippen molar-refractivity contribution in [2.24, 2.45) is 0 Å².